The van der Waals surface area contributed by atoms with Crippen molar-refractivity contribution < 1.29 is 4.21 Å². The van der Waals surface area contributed by atoms with Crippen molar-refractivity contribution in [2.45, 2.75) is 32.4 Å². The number of rotatable bonds is 3. The van der Waals surface area contributed by atoms with E-state index in [4.69, 9.17) is 0 Å². The molecule has 0 saturated carbocycles. The van der Waals surface area contributed by atoms with Gasteiger partial charge in [0.1, 0.15) is 0 Å². The van der Waals surface area contributed by atoms with Gasteiger partial charge in [0, 0.05) is 34.6 Å². The highest BCUT2D eigenvalue weighted by molar-refractivity contribution is 8.13. The first-order valence-electron chi connectivity index (χ1n) is 4.85. The van der Waals surface area contributed by atoms with Crippen molar-refractivity contribution in [2.75, 3.05) is 17.8 Å². The fourth-order valence-corrected chi connectivity index (χ4v) is 3.29. The van der Waals surface area contributed by atoms with Crippen molar-refractivity contribution in [1.82, 2.24) is 5.32 Å². The van der Waals surface area contributed by atoms with E-state index in [1.807, 2.05) is 6.92 Å². The number of nitrogens with zero attached hydrogens (tertiary/aromatic N) is 1. The Kier molecular flexibility index (Phi) is 4.95. The first kappa shape index (κ1) is 12.0. The Bertz CT molecular complexity index is 243. The van der Waals surface area contributed by atoms with Crippen molar-refractivity contribution in [3.05, 3.63) is 0 Å². The summed E-state index contributed by atoms with van der Waals surface area (Å²) in [7, 11) is -0.735. The van der Waals surface area contributed by atoms with Crippen molar-refractivity contribution in [1.29, 1.82) is 0 Å². The predicted molar refractivity (Wildman–Crippen MR) is 65.5 cm³/mol. The Morgan fingerprint density at radius 2 is 2.50 bits per heavy atom. The molecule has 1 aliphatic heterocycles. The lowest BCUT2D eigenvalue weighted by molar-refractivity contribution is 0.666. The molecule has 0 aromatic rings. The summed E-state index contributed by atoms with van der Waals surface area (Å²) in [6.45, 7) is 4.17. The highest BCUT2D eigenvalue weighted by Crippen LogP contribution is 2.15. The third-order valence-electron chi connectivity index (χ3n) is 1.97. The van der Waals surface area contributed by atoms with Crippen LogP contribution in [0.2, 0.25) is 0 Å². The average molecular weight is 234 g/mol. The number of hydrogen-bond donors (Lipinski definition) is 1. The molecule has 0 aliphatic carbocycles. The maximum absolute atomic E-state index is 11.0. The Morgan fingerprint density at radius 3 is 3.07 bits per heavy atom. The number of aliphatic imine (C=N–C) groups is 1. The second kappa shape index (κ2) is 5.75. The Morgan fingerprint density at radius 1 is 1.79 bits per heavy atom. The minimum atomic E-state index is -0.735. The van der Waals surface area contributed by atoms with E-state index in [0.717, 1.165) is 17.3 Å². The van der Waals surface area contributed by atoms with E-state index in [2.05, 4.69) is 17.2 Å². The molecular weight excluding hydrogens is 216 g/mol. The minimum Gasteiger partial charge on any atom is -0.362 e. The number of thioether (sulfide) groups is 1. The van der Waals surface area contributed by atoms with Gasteiger partial charge in [-0.25, -0.2) is 0 Å². The van der Waals surface area contributed by atoms with E-state index in [9.17, 15) is 4.21 Å². The lowest BCUT2D eigenvalue weighted by atomic mass is 10.3. The molecule has 1 N–H and O–H groups in total. The lowest BCUT2D eigenvalue weighted by Crippen LogP contribution is -2.36. The van der Waals surface area contributed by atoms with E-state index in [0.29, 0.717) is 11.8 Å². The van der Waals surface area contributed by atoms with Gasteiger partial charge in [0.05, 0.1) is 6.04 Å². The summed E-state index contributed by atoms with van der Waals surface area (Å²) < 4.78 is 11.0. The summed E-state index contributed by atoms with van der Waals surface area (Å²) in [5, 5.41) is 4.32. The summed E-state index contributed by atoms with van der Waals surface area (Å²) in [5.74, 6) is 1.82. The smallest absolute Gasteiger partial charge is 0.157 e. The molecule has 0 amide bonds. The van der Waals surface area contributed by atoms with Crippen LogP contribution in [0.25, 0.3) is 0 Å². The topological polar surface area (TPSA) is 41.5 Å². The molecule has 0 spiro atoms. The molecule has 0 aromatic heterocycles. The van der Waals surface area contributed by atoms with Crippen molar-refractivity contribution in [2.24, 2.45) is 4.99 Å². The molecule has 1 aliphatic rings. The molecule has 1 heterocycles. The van der Waals surface area contributed by atoms with Crippen LogP contribution < -0.4 is 5.32 Å². The quantitative estimate of drug-likeness (QED) is 0.798. The van der Waals surface area contributed by atoms with Gasteiger partial charge in [0.25, 0.3) is 0 Å². The molecule has 82 valence electrons. The molecule has 0 saturated heterocycles. The molecule has 1 rings (SSSR count). The highest BCUT2D eigenvalue weighted by atomic mass is 32.2. The summed E-state index contributed by atoms with van der Waals surface area (Å²) in [6.07, 6.45) is 2.89. The fourth-order valence-electron chi connectivity index (χ4n) is 1.31. The first-order chi connectivity index (χ1) is 6.58. The van der Waals surface area contributed by atoms with Crippen molar-refractivity contribution in [3.8, 4) is 0 Å². The van der Waals surface area contributed by atoms with Crippen LogP contribution in [0.3, 0.4) is 0 Å². The van der Waals surface area contributed by atoms with E-state index in [-0.39, 0.29) is 6.04 Å². The molecule has 0 radical (unpaired) electrons. The Hall–Kier alpha value is -0.0300. The van der Waals surface area contributed by atoms with Gasteiger partial charge in [-0.05, 0) is 20.3 Å². The average Bonchev–Trinajstić information content (AvgIpc) is 2.01. The molecule has 0 aromatic carbocycles. The summed E-state index contributed by atoms with van der Waals surface area (Å²) in [6, 6.07) is 0.676. The molecule has 0 bridgehead atoms. The van der Waals surface area contributed by atoms with Crippen LogP contribution >= 0.6 is 11.8 Å². The van der Waals surface area contributed by atoms with Gasteiger partial charge < -0.3 is 5.32 Å². The zero-order valence-electron chi connectivity index (χ0n) is 8.95. The largest absolute Gasteiger partial charge is 0.362 e. The van der Waals surface area contributed by atoms with Gasteiger partial charge in [0.2, 0.25) is 0 Å². The van der Waals surface area contributed by atoms with Crippen molar-refractivity contribution >= 4 is 27.7 Å². The predicted octanol–water partition coefficient (Wildman–Crippen LogP) is 1.22. The SMILES string of the molecule is CC1CCSC(NC(C)CS(C)=O)=N1. The Balaban J connectivity index is 2.39. The number of hydrogen-bond acceptors (Lipinski definition) is 4. The van der Waals surface area contributed by atoms with Crippen LogP contribution in [0.5, 0.6) is 0 Å². The number of amidine groups is 1. The van der Waals surface area contributed by atoms with Gasteiger partial charge in [-0.1, -0.05) is 11.8 Å². The van der Waals surface area contributed by atoms with Gasteiger partial charge >= 0.3 is 0 Å². The zero-order valence-corrected chi connectivity index (χ0v) is 10.6. The molecule has 3 unspecified atom stereocenters. The van der Waals surface area contributed by atoms with Gasteiger partial charge in [-0.15, -0.1) is 0 Å². The highest BCUT2D eigenvalue weighted by Gasteiger charge is 2.13. The fraction of sp³-hybridized carbons (Fsp3) is 0.889. The van der Waals surface area contributed by atoms with Crippen LogP contribution in [-0.2, 0) is 10.8 Å². The third-order valence-corrected chi connectivity index (χ3v) is 3.87. The van der Waals surface area contributed by atoms with Crippen LogP contribution in [0.4, 0.5) is 0 Å². The van der Waals surface area contributed by atoms with E-state index in [1.165, 1.54) is 0 Å². The van der Waals surface area contributed by atoms with E-state index >= 15 is 0 Å². The maximum Gasteiger partial charge on any atom is 0.157 e. The second-order valence-corrected chi connectivity index (χ2v) is 6.27. The standard InChI is InChI=1S/C9H18N2OS2/c1-7-4-5-13-9(10-7)11-8(2)6-14(3)12/h7-8H,4-6H2,1-3H3,(H,10,11). The summed E-state index contributed by atoms with van der Waals surface area (Å²) >= 11 is 1.76. The molecule has 3 nitrogen and oxygen atoms in total. The molecular formula is C9H18N2OS2. The third kappa shape index (κ3) is 4.46. The minimum absolute atomic E-state index is 0.248. The van der Waals surface area contributed by atoms with Gasteiger partial charge in [-0.3, -0.25) is 9.20 Å². The van der Waals surface area contributed by atoms with Crippen LogP contribution in [-0.4, -0.2) is 39.2 Å². The van der Waals surface area contributed by atoms with Crippen molar-refractivity contribution in [3.63, 3.8) is 0 Å². The second-order valence-electron chi connectivity index (χ2n) is 3.71. The normalized spacial score (nSPS) is 26.5. The number of nitrogens with one attached hydrogen (secondary N) is 1. The molecule has 3 atom stereocenters. The van der Waals surface area contributed by atoms with Gasteiger partial charge in [0.15, 0.2) is 5.17 Å². The van der Waals surface area contributed by atoms with E-state index < -0.39 is 10.8 Å². The van der Waals surface area contributed by atoms with E-state index in [1.54, 1.807) is 18.0 Å². The maximum atomic E-state index is 11.0. The summed E-state index contributed by atoms with van der Waals surface area (Å²) in [4.78, 5) is 4.50. The molecule has 14 heavy (non-hydrogen) atoms. The van der Waals surface area contributed by atoms with Crippen LogP contribution in [0, 0.1) is 0 Å². The molecule has 0 fully saturated rings. The Labute approximate surface area is 92.6 Å². The summed E-state index contributed by atoms with van der Waals surface area (Å²) in [5.41, 5.74) is 0. The van der Waals surface area contributed by atoms with Crippen LogP contribution in [0.1, 0.15) is 20.3 Å². The first-order valence-corrected chi connectivity index (χ1v) is 7.56. The lowest BCUT2D eigenvalue weighted by Gasteiger charge is -2.20. The molecule has 5 heteroatoms. The van der Waals surface area contributed by atoms with Crippen LogP contribution in [0.15, 0.2) is 4.99 Å². The van der Waals surface area contributed by atoms with Gasteiger partial charge in [-0.2, -0.15) is 0 Å². The monoisotopic (exact) mass is 234 g/mol. The zero-order chi connectivity index (χ0) is 10.6.